The molecule has 1 fully saturated rings. The van der Waals surface area contributed by atoms with Gasteiger partial charge >= 0.3 is 0 Å². The van der Waals surface area contributed by atoms with Crippen molar-refractivity contribution in [3.63, 3.8) is 0 Å². The minimum absolute atomic E-state index is 0.234. The molecular weight excluding hydrogens is 237 g/mol. The summed E-state index contributed by atoms with van der Waals surface area (Å²) in [5, 5.41) is 9.42. The molecule has 0 spiro atoms. The standard InChI is InChI=1S/C13H18FNOS/c1-9-8-17-6-5-15(9)13-4-3-11(10(2)16)7-12(13)14/h3-4,7,9-10,16H,5-6,8H2,1-2H3. The lowest BCUT2D eigenvalue weighted by molar-refractivity contribution is 0.199. The van der Waals surface area contributed by atoms with E-state index >= 15 is 0 Å². The summed E-state index contributed by atoms with van der Waals surface area (Å²) in [4.78, 5) is 2.11. The lowest BCUT2D eigenvalue weighted by atomic mass is 10.1. The van der Waals surface area contributed by atoms with Crippen molar-refractivity contribution in [1.82, 2.24) is 0 Å². The van der Waals surface area contributed by atoms with Crippen LogP contribution in [0.25, 0.3) is 0 Å². The highest BCUT2D eigenvalue weighted by atomic mass is 32.2. The van der Waals surface area contributed by atoms with Gasteiger partial charge in [-0.2, -0.15) is 11.8 Å². The third-order valence-corrected chi connectivity index (χ3v) is 4.32. The summed E-state index contributed by atoms with van der Waals surface area (Å²) in [5.74, 6) is 1.85. The van der Waals surface area contributed by atoms with E-state index in [-0.39, 0.29) is 5.82 Å². The molecule has 1 N–H and O–H groups in total. The molecule has 1 heterocycles. The van der Waals surface area contributed by atoms with Crippen LogP contribution in [0.3, 0.4) is 0 Å². The molecule has 1 aromatic rings. The van der Waals surface area contributed by atoms with E-state index in [0.29, 0.717) is 17.3 Å². The van der Waals surface area contributed by atoms with E-state index in [0.717, 1.165) is 18.1 Å². The molecule has 2 nitrogen and oxygen atoms in total. The fraction of sp³-hybridized carbons (Fsp3) is 0.538. The molecule has 2 unspecified atom stereocenters. The summed E-state index contributed by atoms with van der Waals surface area (Å²) in [6.45, 7) is 4.65. The van der Waals surface area contributed by atoms with Crippen LogP contribution in [-0.2, 0) is 0 Å². The van der Waals surface area contributed by atoms with Crippen molar-refractivity contribution >= 4 is 17.4 Å². The number of hydrogen-bond acceptors (Lipinski definition) is 3. The number of anilines is 1. The fourth-order valence-corrected chi connectivity index (χ4v) is 3.11. The lowest BCUT2D eigenvalue weighted by Gasteiger charge is -2.35. The molecule has 4 heteroatoms. The Hall–Kier alpha value is -0.740. The van der Waals surface area contributed by atoms with E-state index in [4.69, 9.17) is 0 Å². The Bertz CT molecular complexity index is 397. The third-order valence-electron chi connectivity index (χ3n) is 3.13. The van der Waals surface area contributed by atoms with Crippen LogP contribution in [0.4, 0.5) is 10.1 Å². The summed E-state index contributed by atoms with van der Waals surface area (Å²) in [5.41, 5.74) is 1.28. The Morgan fingerprint density at radius 1 is 1.53 bits per heavy atom. The maximum atomic E-state index is 14.0. The van der Waals surface area contributed by atoms with Crippen LogP contribution in [0.15, 0.2) is 18.2 Å². The number of nitrogens with zero attached hydrogens (tertiary/aromatic N) is 1. The van der Waals surface area contributed by atoms with Crippen molar-refractivity contribution in [3.8, 4) is 0 Å². The zero-order valence-electron chi connectivity index (χ0n) is 10.2. The first-order valence-corrected chi connectivity index (χ1v) is 7.07. The molecule has 1 aliphatic rings. The van der Waals surface area contributed by atoms with Gasteiger partial charge in [0.25, 0.3) is 0 Å². The molecule has 0 bridgehead atoms. The number of hydrogen-bond donors (Lipinski definition) is 1. The SMILES string of the molecule is CC(O)c1ccc(N2CCSCC2C)c(F)c1. The molecule has 0 amide bonds. The van der Waals surface area contributed by atoms with Gasteiger partial charge in [-0.3, -0.25) is 0 Å². The smallest absolute Gasteiger partial charge is 0.146 e. The highest BCUT2D eigenvalue weighted by molar-refractivity contribution is 7.99. The molecule has 0 saturated carbocycles. The van der Waals surface area contributed by atoms with Gasteiger partial charge in [-0.15, -0.1) is 0 Å². The molecule has 1 saturated heterocycles. The third kappa shape index (κ3) is 2.75. The summed E-state index contributed by atoms with van der Waals surface area (Å²) in [7, 11) is 0. The zero-order valence-corrected chi connectivity index (χ0v) is 11.0. The van der Waals surface area contributed by atoms with E-state index in [2.05, 4.69) is 11.8 Å². The summed E-state index contributed by atoms with van der Waals surface area (Å²) < 4.78 is 14.0. The molecule has 0 aromatic heterocycles. The molecule has 1 aromatic carbocycles. The normalized spacial score (nSPS) is 22.6. The number of thioether (sulfide) groups is 1. The minimum Gasteiger partial charge on any atom is -0.389 e. The van der Waals surface area contributed by atoms with Crippen molar-refractivity contribution in [2.75, 3.05) is 23.0 Å². The Balaban J connectivity index is 2.26. The summed E-state index contributed by atoms with van der Waals surface area (Å²) in [6, 6.07) is 5.39. The van der Waals surface area contributed by atoms with Crippen LogP contribution >= 0.6 is 11.8 Å². The van der Waals surface area contributed by atoms with E-state index < -0.39 is 6.10 Å². The number of halogens is 1. The molecule has 94 valence electrons. The first-order valence-electron chi connectivity index (χ1n) is 5.91. The van der Waals surface area contributed by atoms with Gasteiger partial charge in [0.1, 0.15) is 5.82 Å². The van der Waals surface area contributed by atoms with Crippen LogP contribution in [-0.4, -0.2) is 29.2 Å². The fourth-order valence-electron chi connectivity index (χ4n) is 2.10. The van der Waals surface area contributed by atoms with Gasteiger partial charge in [0.05, 0.1) is 11.8 Å². The Kier molecular flexibility index (Phi) is 3.94. The first-order chi connectivity index (χ1) is 8.09. The van der Waals surface area contributed by atoms with Crippen molar-refractivity contribution < 1.29 is 9.50 Å². The topological polar surface area (TPSA) is 23.5 Å². The zero-order chi connectivity index (χ0) is 12.4. The first kappa shape index (κ1) is 12.7. The molecule has 0 aliphatic carbocycles. The highest BCUT2D eigenvalue weighted by Crippen LogP contribution is 2.28. The van der Waals surface area contributed by atoms with Crippen LogP contribution in [0.1, 0.15) is 25.5 Å². The number of benzene rings is 1. The van der Waals surface area contributed by atoms with Crippen LogP contribution in [0.5, 0.6) is 0 Å². The van der Waals surface area contributed by atoms with E-state index in [1.54, 1.807) is 19.1 Å². The summed E-state index contributed by atoms with van der Waals surface area (Å²) in [6.07, 6.45) is -0.618. The predicted molar refractivity (Wildman–Crippen MR) is 71.2 cm³/mol. The predicted octanol–water partition coefficient (Wildman–Crippen LogP) is 2.82. The Morgan fingerprint density at radius 3 is 2.88 bits per heavy atom. The number of aliphatic hydroxyl groups excluding tert-OH is 1. The molecule has 1 aliphatic heterocycles. The van der Waals surface area contributed by atoms with Gasteiger partial charge in [0.2, 0.25) is 0 Å². The maximum absolute atomic E-state index is 14.0. The minimum atomic E-state index is -0.618. The summed E-state index contributed by atoms with van der Waals surface area (Å²) >= 11 is 1.91. The number of rotatable bonds is 2. The second-order valence-electron chi connectivity index (χ2n) is 4.50. The average Bonchev–Trinajstić information content (AvgIpc) is 2.30. The van der Waals surface area contributed by atoms with Gasteiger partial charge in [0.15, 0.2) is 0 Å². The van der Waals surface area contributed by atoms with Crippen molar-refractivity contribution in [2.45, 2.75) is 26.0 Å². The van der Waals surface area contributed by atoms with E-state index in [1.165, 1.54) is 6.07 Å². The largest absolute Gasteiger partial charge is 0.389 e. The van der Waals surface area contributed by atoms with Crippen LogP contribution < -0.4 is 4.90 Å². The molecular formula is C13H18FNOS. The molecule has 2 atom stereocenters. The maximum Gasteiger partial charge on any atom is 0.146 e. The van der Waals surface area contributed by atoms with Gasteiger partial charge in [0, 0.05) is 24.1 Å². The number of aliphatic hydroxyl groups is 1. The van der Waals surface area contributed by atoms with E-state index in [1.807, 2.05) is 11.8 Å². The van der Waals surface area contributed by atoms with Crippen molar-refractivity contribution in [1.29, 1.82) is 0 Å². The second-order valence-corrected chi connectivity index (χ2v) is 5.65. The van der Waals surface area contributed by atoms with Gasteiger partial charge in [-0.1, -0.05) is 6.07 Å². The van der Waals surface area contributed by atoms with Crippen LogP contribution in [0, 0.1) is 5.82 Å². The van der Waals surface area contributed by atoms with Crippen LogP contribution in [0.2, 0.25) is 0 Å². The van der Waals surface area contributed by atoms with Gasteiger partial charge < -0.3 is 10.0 Å². The quantitative estimate of drug-likeness (QED) is 0.879. The van der Waals surface area contributed by atoms with Gasteiger partial charge in [-0.05, 0) is 31.5 Å². The Morgan fingerprint density at radius 2 is 2.29 bits per heavy atom. The molecule has 2 rings (SSSR count). The second kappa shape index (κ2) is 5.27. The highest BCUT2D eigenvalue weighted by Gasteiger charge is 2.21. The van der Waals surface area contributed by atoms with Crippen molar-refractivity contribution in [3.05, 3.63) is 29.6 Å². The van der Waals surface area contributed by atoms with Crippen molar-refractivity contribution in [2.24, 2.45) is 0 Å². The monoisotopic (exact) mass is 255 g/mol. The average molecular weight is 255 g/mol. The molecule has 17 heavy (non-hydrogen) atoms. The van der Waals surface area contributed by atoms with E-state index in [9.17, 15) is 9.50 Å². The molecule has 0 radical (unpaired) electrons. The lowest BCUT2D eigenvalue weighted by Crippen LogP contribution is -2.40. The van der Waals surface area contributed by atoms with Gasteiger partial charge in [-0.25, -0.2) is 4.39 Å². The Labute approximate surface area is 106 Å².